The molecule has 166 valence electrons. The van der Waals surface area contributed by atoms with Crippen LogP contribution in [0.4, 0.5) is 0 Å². The second kappa shape index (κ2) is 7.73. The molecule has 0 N–H and O–H groups in total. The Bertz CT molecular complexity index is 2030. The Morgan fingerprint density at radius 1 is 0.444 bits per heavy atom. The van der Waals surface area contributed by atoms with Crippen molar-refractivity contribution >= 4 is 65.7 Å². The van der Waals surface area contributed by atoms with E-state index < -0.39 is 0 Å². The summed E-state index contributed by atoms with van der Waals surface area (Å²) in [6, 6.07) is 24.5. The molecule has 0 spiro atoms. The van der Waals surface area contributed by atoms with Crippen LogP contribution in [0.15, 0.2) is 72.8 Å². The van der Waals surface area contributed by atoms with Gasteiger partial charge in [-0.05, 0) is 73.2 Å². The van der Waals surface area contributed by atoms with Gasteiger partial charge in [0.1, 0.15) is 0 Å². The summed E-state index contributed by atoms with van der Waals surface area (Å²) in [5.74, 6) is 12.4. The van der Waals surface area contributed by atoms with Crippen molar-refractivity contribution in [2.75, 3.05) is 0 Å². The molecule has 2 heterocycles. The van der Waals surface area contributed by atoms with Crippen LogP contribution in [-0.4, -0.2) is 19.9 Å². The van der Waals surface area contributed by atoms with Crippen molar-refractivity contribution in [2.45, 2.75) is 13.8 Å². The number of rotatable bonds is 0. The topological polar surface area (TPSA) is 51.6 Å². The van der Waals surface area contributed by atoms with Crippen molar-refractivity contribution < 1.29 is 0 Å². The van der Waals surface area contributed by atoms with E-state index in [2.05, 4.69) is 47.9 Å². The van der Waals surface area contributed by atoms with Gasteiger partial charge in [-0.2, -0.15) is 0 Å². The second-order valence-corrected chi connectivity index (χ2v) is 8.73. The molecule has 0 bridgehead atoms. The molecule has 5 aromatic carbocycles. The average molecular weight is 459 g/mol. The molecule has 36 heavy (non-hydrogen) atoms. The van der Waals surface area contributed by atoms with Crippen LogP contribution in [0, 0.1) is 23.7 Å². The summed E-state index contributed by atoms with van der Waals surface area (Å²) in [5, 5.41) is 4.27. The normalized spacial score (nSPS) is 11.2. The molecule has 0 radical (unpaired) electrons. The number of hydrogen-bond acceptors (Lipinski definition) is 4. The molecule has 4 heteroatoms. The molecule has 0 fully saturated rings. The molecule has 4 nitrogen and oxygen atoms in total. The van der Waals surface area contributed by atoms with Crippen LogP contribution in [0.3, 0.4) is 0 Å². The van der Waals surface area contributed by atoms with E-state index in [1.54, 1.807) is 0 Å². The minimum atomic E-state index is 0.797. The lowest BCUT2D eigenvalue weighted by molar-refractivity contribution is 1.37. The first-order valence-electron chi connectivity index (χ1n) is 11.7. The zero-order chi connectivity index (χ0) is 24.2. The maximum atomic E-state index is 5.13. The summed E-state index contributed by atoms with van der Waals surface area (Å²) in [6.45, 7) is 3.71. The Balaban J connectivity index is 1.64. The van der Waals surface area contributed by atoms with Gasteiger partial charge in [-0.25, -0.2) is 19.9 Å². The monoisotopic (exact) mass is 458 g/mol. The first kappa shape index (κ1) is 20.3. The molecule has 2 aromatic heterocycles. The summed E-state index contributed by atoms with van der Waals surface area (Å²) >= 11 is 0. The molecule has 0 saturated heterocycles. The van der Waals surface area contributed by atoms with Crippen molar-refractivity contribution in [3.63, 3.8) is 0 Å². The van der Waals surface area contributed by atoms with Crippen molar-refractivity contribution in [1.82, 2.24) is 19.9 Å². The molecule has 0 aliphatic rings. The lowest BCUT2D eigenvalue weighted by Crippen LogP contribution is -1.94. The molecular weight excluding hydrogens is 440 g/mol. The van der Waals surface area contributed by atoms with Gasteiger partial charge in [0, 0.05) is 21.9 Å². The lowest BCUT2D eigenvalue weighted by Gasteiger charge is -2.11. The van der Waals surface area contributed by atoms with E-state index in [4.69, 9.17) is 19.9 Å². The second-order valence-electron chi connectivity index (χ2n) is 8.73. The highest BCUT2D eigenvalue weighted by atomic mass is 14.8. The molecule has 0 saturated carbocycles. The molecule has 7 rings (SSSR count). The van der Waals surface area contributed by atoms with E-state index in [-0.39, 0.29) is 0 Å². The van der Waals surface area contributed by atoms with Crippen LogP contribution in [-0.2, 0) is 0 Å². The fraction of sp³-hybridized carbons (Fsp3) is 0.0625. The third-order valence-electron chi connectivity index (χ3n) is 6.50. The zero-order valence-corrected chi connectivity index (χ0v) is 19.7. The Morgan fingerprint density at radius 3 is 1.33 bits per heavy atom. The highest BCUT2D eigenvalue weighted by Crippen LogP contribution is 2.35. The largest absolute Gasteiger partial charge is 0.244 e. The Hall–Kier alpha value is -5.06. The first-order chi connectivity index (χ1) is 17.7. The summed E-state index contributed by atoms with van der Waals surface area (Å²) < 4.78 is 0. The van der Waals surface area contributed by atoms with Gasteiger partial charge in [-0.1, -0.05) is 36.1 Å². The highest BCUT2D eigenvalue weighted by molar-refractivity contribution is 6.24. The van der Waals surface area contributed by atoms with Crippen LogP contribution in [0.25, 0.3) is 65.7 Å². The quantitative estimate of drug-likeness (QED) is 0.140. The smallest absolute Gasteiger partial charge is 0.0979 e. The third kappa shape index (κ3) is 3.06. The van der Waals surface area contributed by atoms with Gasteiger partial charge >= 0.3 is 0 Å². The van der Waals surface area contributed by atoms with Crippen LogP contribution < -0.4 is 0 Å². The van der Waals surface area contributed by atoms with Crippen molar-refractivity contribution in [2.24, 2.45) is 0 Å². The number of nitrogens with zero attached hydrogens (tertiary/aromatic N) is 4. The summed E-state index contributed by atoms with van der Waals surface area (Å²) in [6.07, 6.45) is 0. The molecule has 0 atom stereocenters. The van der Waals surface area contributed by atoms with Gasteiger partial charge < -0.3 is 0 Å². The number of aromatic nitrogens is 4. The van der Waals surface area contributed by atoms with Gasteiger partial charge in [0.05, 0.1) is 44.1 Å². The number of hydrogen-bond donors (Lipinski definition) is 0. The standard InChI is InChI=1S/C32H18N4/c1-3-7-19-11-13-21-23(15-19)24-16-20(8-4-2)12-14-22(24)32-31(21)35-29-17-27-28(18-30(29)36-32)34-26-10-6-5-9-25(26)33-27/h5-6,9-18H,1-2H3. The van der Waals surface area contributed by atoms with Crippen molar-refractivity contribution in [3.05, 3.63) is 83.9 Å². The number of fused-ring (bicyclic) bond motifs is 9. The van der Waals surface area contributed by atoms with Crippen LogP contribution in [0.2, 0.25) is 0 Å². The van der Waals surface area contributed by atoms with Crippen molar-refractivity contribution in [3.8, 4) is 23.7 Å². The molecule has 0 amide bonds. The summed E-state index contributed by atoms with van der Waals surface area (Å²) in [4.78, 5) is 19.9. The zero-order valence-electron chi connectivity index (χ0n) is 19.7. The summed E-state index contributed by atoms with van der Waals surface area (Å²) in [7, 11) is 0. The first-order valence-corrected chi connectivity index (χ1v) is 11.7. The fourth-order valence-corrected chi connectivity index (χ4v) is 4.94. The number of benzene rings is 5. The lowest BCUT2D eigenvalue weighted by atomic mass is 9.96. The Morgan fingerprint density at radius 2 is 0.889 bits per heavy atom. The van der Waals surface area contributed by atoms with Gasteiger partial charge in [0.2, 0.25) is 0 Å². The average Bonchev–Trinajstić information content (AvgIpc) is 2.90. The van der Waals surface area contributed by atoms with Gasteiger partial charge in [0.25, 0.3) is 0 Å². The van der Waals surface area contributed by atoms with Gasteiger partial charge in [-0.15, -0.1) is 11.8 Å². The van der Waals surface area contributed by atoms with E-state index >= 15 is 0 Å². The fourth-order valence-electron chi connectivity index (χ4n) is 4.94. The third-order valence-corrected chi connectivity index (χ3v) is 6.50. The molecule has 0 unspecified atom stereocenters. The van der Waals surface area contributed by atoms with E-state index in [0.29, 0.717) is 0 Å². The van der Waals surface area contributed by atoms with Crippen LogP contribution in [0.1, 0.15) is 25.0 Å². The van der Waals surface area contributed by atoms with Gasteiger partial charge in [-0.3, -0.25) is 0 Å². The Kier molecular flexibility index (Phi) is 4.37. The molecule has 0 aliphatic carbocycles. The van der Waals surface area contributed by atoms with Crippen molar-refractivity contribution in [1.29, 1.82) is 0 Å². The predicted molar refractivity (Wildman–Crippen MR) is 148 cm³/mol. The minimum absolute atomic E-state index is 0.797. The Labute approximate surface area is 207 Å². The van der Waals surface area contributed by atoms with Crippen LogP contribution >= 0.6 is 0 Å². The van der Waals surface area contributed by atoms with E-state index in [0.717, 1.165) is 76.8 Å². The van der Waals surface area contributed by atoms with E-state index in [1.165, 1.54) is 0 Å². The van der Waals surface area contributed by atoms with Crippen LogP contribution in [0.5, 0.6) is 0 Å². The summed E-state index contributed by atoms with van der Waals surface area (Å²) in [5.41, 5.74) is 8.62. The molecular formula is C32H18N4. The van der Waals surface area contributed by atoms with E-state index in [9.17, 15) is 0 Å². The number of para-hydroxylation sites is 2. The predicted octanol–water partition coefficient (Wildman–Crippen LogP) is 6.93. The maximum absolute atomic E-state index is 5.13. The van der Waals surface area contributed by atoms with E-state index in [1.807, 2.05) is 62.4 Å². The minimum Gasteiger partial charge on any atom is -0.244 e. The molecule has 0 aliphatic heterocycles. The van der Waals surface area contributed by atoms with Gasteiger partial charge in [0.15, 0.2) is 0 Å². The SMILES string of the molecule is CC#Cc1ccc2c(c1)c1cc(C#CC)ccc1c1nc3cc4nc5ccccc5nc4cc3nc21. The highest BCUT2D eigenvalue weighted by Gasteiger charge is 2.14. The molecule has 7 aromatic rings. The maximum Gasteiger partial charge on any atom is 0.0979 e.